The van der Waals surface area contributed by atoms with Gasteiger partial charge < -0.3 is 9.31 Å². The standard InChI is InChI=1S/C18H27BO2/c1-16(2)11-14(12-16)13-7-9-15(10-8-13)19-20-17(3,4)18(5,6)21-19/h7-10,14H,11-12H2,1-6H3. The molecule has 0 amide bonds. The van der Waals surface area contributed by atoms with Gasteiger partial charge in [0, 0.05) is 0 Å². The summed E-state index contributed by atoms with van der Waals surface area (Å²) in [5.41, 5.74) is 2.56. The highest BCUT2D eigenvalue weighted by Crippen LogP contribution is 2.50. The van der Waals surface area contributed by atoms with Crippen molar-refractivity contribution in [2.75, 3.05) is 0 Å². The molecule has 1 heterocycles. The highest BCUT2D eigenvalue weighted by atomic mass is 16.7. The lowest BCUT2D eigenvalue weighted by molar-refractivity contribution is 0.00578. The van der Waals surface area contributed by atoms with Gasteiger partial charge in [0.1, 0.15) is 0 Å². The first-order chi connectivity index (χ1) is 9.60. The SMILES string of the molecule is CC1(C)CC(c2ccc(B3OC(C)(C)C(C)(C)O3)cc2)C1. The van der Waals surface area contributed by atoms with Gasteiger partial charge in [-0.25, -0.2) is 0 Å². The minimum absolute atomic E-state index is 0.248. The van der Waals surface area contributed by atoms with E-state index in [9.17, 15) is 0 Å². The summed E-state index contributed by atoms with van der Waals surface area (Å²) in [5, 5.41) is 0. The van der Waals surface area contributed by atoms with Crippen LogP contribution in [0.3, 0.4) is 0 Å². The molecule has 2 fully saturated rings. The molecule has 0 unspecified atom stereocenters. The molecule has 0 aromatic heterocycles. The maximum atomic E-state index is 6.10. The Morgan fingerprint density at radius 3 is 1.76 bits per heavy atom. The second-order valence-electron chi connectivity index (χ2n) is 8.52. The van der Waals surface area contributed by atoms with Gasteiger partial charge in [-0.3, -0.25) is 0 Å². The molecular formula is C18H27BO2. The summed E-state index contributed by atoms with van der Waals surface area (Å²) in [5.74, 6) is 0.729. The fraction of sp³-hybridized carbons (Fsp3) is 0.667. The van der Waals surface area contributed by atoms with Crippen molar-refractivity contribution in [2.45, 2.75) is 71.5 Å². The maximum Gasteiger partial charge on any atom is 0.494 e. The zero-order valence-electron chi connectivity index (χ0n) is 14.2. The van der Waals surface area contributed by atoms with Crippen LogP contribution < -0.4 is 5.46 Å². The highest BCUT2D eigenvalue weighted by molar-refractivity contribution is 6.62. The summed E-state index contributed by atoms with van der Waals surface area (Å²) >= 11 is 0. The molecule has 1 aliphatic heterocycles. The van der Waals surface area contributed by atoms with Crippen LogP contribution in [0.4, 0.5) is 0 Å². The van der Waals surface area contributed by atoms with Crippen LogP contribution in [0.1, 0.15) is 65.9 Å². The summed E-state index contributed by atoms with van der Waals surface area (Å²) in [6.45, 7) is 13.1. The molecule has 21 heavy (non-hydrogen) atoms. The first-order valence-electron chi connectivity index (χ1n) is 8.05. The molecule has 3 rings (SSSR count). The van der Waals surface area contributed by atoms with Crippen molar-refractivity contribution in [1.29, 1.82) is 0 Å². The molecule has 0 N–H and O–H groups in total. The van der Waals surface area contributed by atoms with Crippen LogP contribution in [-0.2, 0) is 9.31 Å². The fourth-order valence-electron chi connectivity index (χ4n) is 3.41. The summed E-state index contributed by atoms with van der Waals surface area (Å²) in [7, 11) is -0.248. The Kier molecular flexibility index (Phi) is 3.31. The summed E-state index contributed by atoms with van der Waals surface area (Å²) in [6.07, 6.45) is 2.59. The molecule has 0 radical (unpaired) electrons. The van der Waals surface area contributed by atoms with E-state index in [1.54, 1.807) is 0 Å². The quantitative estimate of drug-likeness (QED) is 0.768. The minimum atomic E-state index is -0.270. The number of rotatable bonds is 2. The molecule has 1 aromatic rings. The molecule has 3 heteroatoms. The van der Waals surface area contributed by atoms with Crippen molar-refractivity contribution in [3.63, 3.8) is 0 Å². The predicted molar refractivity (Wildman–Crippen MR) is 87.9 cm³/mol. The Balaban J connectivity index is 1.71. The third kappa shape index (κ3) is 2.66. The Morgan fingerprint density at radius 1 is 0.857 bits per heavy atom. The highest BCUT2D eigenvalue weighted by Gasteiger charge is 2.51. The average Bonchev–Trinajstić information content (AvgIpc) is 2.56. The van der Waals surface area contributed by atoms with Gasteiger partial charge in [-0.15, -0.1) is 0 Å². The van der Waals surface area contributed by atoms with Crippen molar-refractivity contribution < 1.29 is 9.31 Å². The van der Waals surface area contributed by atoms with E-state index < -0.39 is 0 Å². The van der Waals surface area contributed by atoms with Gasteiger partial charge in [-0.05, 0) is 62.9 Å². The van der Waals surface area contributed by atoms with E-state index in [2.05, 4.69) is 65.8 Å². The predicted octanol–water partition coefficient (Wildman–Crippen LogP) is 3.89. The van der Waals surface area contributed by atoms with Gasteiger partial charge >= 0.3 is 7.12 Å². The maximum absolute atomic E-state index is 6.10. The molecule has 2 nitrogen and oxygen atoms in total. The topological polar surface area (TPSA) is 18.5 Å². The van der Waals surface area contributed by atoms with Crippen LogP contribution in [0, 0.1) is 5.41 Å². The largest absolute Gasteiger partial charge is 0.494 e. The molecule has 1 aromatic carbocycles. The van der Waals surface area contributed by atoms with Crippen molar-refractivity contribution in [3.05, 3.63) is 29.8 Å². The first kappa shape index (κ1) is 15.1. The van der Waals surface area contributed by atoms with Crippen molar-refractivity contribution >= 4 is 12.6 Å². The van der Waals surface area contributed by atoms with E-state index in [1.165, 1.54) is 18.4 Å². The molecule has 1 saturated heterocycles. The molecule has 0 atom stereocenters. The van der Waals surface area contributed by atoms with Crippen LogP contribution >= 0.6 is 0 Å². The third-order valence-electron chi connectivity index (χ3n) is 5.53. The van der Waals surface area contributed by atoms with Crippen LogP contribution in [0.15, 0.2) is 24.3 Å². The Hall–Kier alpha value is -0.795. The van der Waals surface area contributed by atoms with Crippen molar-refractivity contribution in [2.24, 2.45) is 5.41 Å². The summed E-state index contributed by atoms with van der Waals surface area (Å²) in [4.78, 5) is 0. The van der Waals surface area contributed by atoms with Gasteiger partial charge in [0.2, 0.25) is 0 Å². The fourth-order valence-corrected chi connectivity index (χ4v) is 3.41. The van der Waals surface area contributed by atoms with E-state index >= 15 is 0 Å². The lowest BCUT2D eigenvalue weighted by Crippen LogP contribution is -2.41. The molecule has 2 aliphatic rings. The zero-order chi connectivity index (χ0) is 15.5. The smallest absolute Gasteiger partial charge is 0.399 e. The molecule has 114 valence electrons. The van der Waals surface area contributed by atoms with Crippen molar-refractivity contribution in [1.82, 2.24) is 0 Å². The first-order valence-corrected chi connectivity index (χ1v) is 8.05. The number of benzene rings is 1. The van der Waals surface area contributed by atoms with E-state index in [1.807, 2.05) is 0 Å². The van der Waals surface area contributed by atoms with E-state index in [4.69, 9.17) is 9.31 Å². The lowest BCUT2D eigenvalue weighted by Gasteiger charge is -2.43. The lowest BCUT2D eigenvalue weighted by atomic mass is 9.62. The molecule has 1 saturated carbocycles. The molecule has 0 spiro atoms. The number of hydrogen-bond acceptors (Lipinski definition) is 2. The van der Waals surface area contributed by atoms with Crippen molar-refractivity contribution in [3.8, 4) is 0 Å². The van der Waals surface area contributed by atoms with Gasteiger partial charge in [0.15, 0.2) is 0 Å². The van der Waals surface area contributed by atoms with Crippen LogP contribution in [0.25, 0.3) is 0 Å². The van der Waals surface area contributed by atoms with Gasteiger partial charge in [-0.2, -0.15) is 0 Å². The third-order valence-corrected chi connectivity index (χ3v) is 5.53. The Morgan fingerprint density at radius 2 is 1.33 bits per heavy atom. The number of hydrogen-bond donors (Lipinski definition) is 0. The monoisotopic (exact) mass is 286 g/mol. The van der Waals surface area contributed by atoms with Gasteiger partial charge in [0.05, 0.1) is 11.2 Å². The van der Waals surface area contributed by atoms with E-state index in [-0.39, 0.29) is 18.3 Å². The van der Waals surface area contributed by atoms with Crippen LogP contribution in [0.5, 0.6) is 0 Å². The zero-order valence-corrected chi connectivity index (χ0v) is 14.2. The second kappa shape index (κ2) is 4.60. The second-order valence-corrected chi connectivity index (χ2v) is 8.52. The normalized spacial score (nSPS) is 26.7. The van der Waals surface area contributed by atoms with Gasteiger partial charge in [-0.1, -0.05) is 38.1 Å². The average molecular weight is 286 g/mol. The van der Waals surface area contributed by atoms with E-state index in [0.29, 0.717) is 5.41 Å². The van der Waals surface area contributed by atoms with Crippen LogP contribution in [-0.4, -0.2) is 18.3 Å². The summed E-state index contributed by atoms with van der Waals surface area (Å²) in [6, 6.07) is 8.84. The Labute approximate surface area is 129 Å². The summed E-state index contributed by atoms with van der Waals surface area (Å²) < 4.78 is 12.2. The van der Waals surface area contributed by atoms with E-state index in [0.717, 1.165) is 11.4 Å². The minimum Gasteiger partial charge on any atom is -0.399 e. The molecule has 0 bridgehead atoms. The van der Waals surface area contributed by atoms with Crippen LogP contribution in [0.2, 0.25) is 0 Å². The molecule has 1 aliphatic carbocycles. The Bertz CT molecular complexity index is 507. The van der Waals surface area contributed by atoms with Gasteiger partial charge in [0.25, 0.3) is 0 Å². The molecular weight excluding hydrogens is 259 g/mol.